The summed E-state index contributed by atoms with van der Waals surface area (Å²) in [5, 5.41) is 2.92. The van der Waals surface area contributed by atoms with Crippen molar-refractivity contribution in [2.24, 2.45) is 0 Å². The molecule has 0 aliphatic carbocycles. The van der Waals surface area contributed by atoms with Gasteiger partial charge in [-0.25, -0.2) is 0 Å². The van der Waals surface area contributed by atoms with Crippen molar-refractivity contribution >= 4 is 28.5 Å². The zero-order valence-corrected chi connectivity index (χ0v) is 12.2. The van der Waals surface area contributed by atoms with Gasteiger partial charge in [-0.3, -0.25) is 14.6 Å². The van der Waals surface area contributed by atoms with E-state index in [9.17, 15) is 9.59 Å². The van der Waals surface area contributed by atoms with Gasteiger partial charge in [-0.2, -0.15) is 14.4 Å². The molecule has 0 aliphatic heterocycles. The molecule has 0 saturated heterocycles. The minimum atomic E-state index is -0.364. The van der Waals surface area contributed by atoms with Gasteiger partial charge in [0.2, 0.25) is 16.9 Å². The quantitative estimate of drug-likeness (QED) is 0.808. The molecule has 2 amide bonds. The molecule has 1 aromatic heterocycles. The molecule has 2 rings (SSSR count). The molecule has 0 fully saturated rings. The van der Waals surface area contributed by atoms with Gasteiger partial charge in [0.25, 0.3) is 0 Å². The molecule has 0 radical (unpaired) electrons. The minimum Gasteiger partial charge on any atom is -0.273 e. The average Bonchev–Trinajstić information content (AvgIpc) is 2.88. The van der Waals surface area contributed by atoms with Crippen LogP contribution in [-0.2, 0) is 9.59 Å². The number of aromatic nitrogens is 2. The standard InChI is InChI=1S/C13H14N4O2S/c1-9(18)17(10(2)19)16(3)13-14-12(15-20-13)11-7-5-4-6-8-11/h4-8H,1-3H3. The maximum absolute atomic E-state index is 11.5. The van der Waals surface area contributed by atoms with Gasteiger partial charge >= 0.3 is 0 Å². The minimum absolute atomic E-state index is 0.364. The third-order valence-electron chi connectivity index (χ3n) is 2.62. The summed E-state index contributed by atoms with van der Waals surface area (Å²) >= 11 is 1.13. The first kappa shape index (κ1) is 14.1. The molecule has 0 saturated carbocycles. The van der Waals surface area contributed by atoms with E-state index < -0.39 is 0 Å². The van der Waals surface area contributed by atoms with Crippen LogP contribution in [0.25, 0.3) is 11.4 Å². The van der Waals surface area contributed by atoms with Crippen LogP contribution in [0.5, 0.6) is 0 Å². The van der Waals surface area contributed by atoms with E-state index in [0.717, 1.165) is 22.1 Å². The molecule has 0 bridgehead atoms. The third kappa shape index (κ3) is 2.83. The fraction of sp³-hybridized carbons (Fsp3) is 0.231. The predicted molar refractivity (Wildman–Crippen MR) is 76.9 cm³/mol. The van der Waals surface area contributed by atoms with E-state index in [1.54, 1.807) is 7.05 Å². The Morgan fingerprint density at radius 3 is 2.25 bits per heavy atom. The molecule has 6 nitrogen and oxygen atoms in total. The van der Waals surface area contributed by atoms with Crippen molar-refractivity contribution < 1.29 is 9.59 Å². The Balaban J connectivity index is 2.28. The topological polar surface area (TPSA) is 66.4 Å². The zero-order valence-electron chi connectivity index (χ0n) is 11.4. The maximum atomic E-state index is 11.5. The predicted octanol–water partition coefficient (Wildman–Crippen LogP) is 1.95. The Labute approximate surface area is 120 Å². The molecule has 104 valence electrons. The lowest BCUT2D eigenvalue weighted by atomic mass is 10.2. The van der Waals surface area contributed by atoms with Crippen LogP contribution in [-0.4, -0.2) is 33.2 Å². The van der Waals surface area contributed by atoms with Crippen molar-refractivity contribution in [2.45, 2.75) is 13.8 Å². The third-order valence-corrected chi connectivity index (χ3v) is 3.40. The van der Waals surface area contributed by atoms with E-state index in [0.29, 0.717) is 11.0 Å². The molecule has 0 N–H and O–H groups in total. The number of imide groups is 1. The maximum Gasteiger partial charge on any atom is 0.245 e. The average molecular weight is 290 g/mol. The molecule has 20 heavy (non-hydrogen) atoms. The molecule has 2 aromatic rings. The first-order chi connectivity index (χ1) is 9.50. The summed E-state index contributed by atoms with van der Waals surface area (Å²) < 4.78 is 4.25. The Morgan fingerprint density at radius 1 is 1.10 bits per heavy atom. The molecule has 0 aliphatic rings. The normalized spacial score (nSPS) is 10.2. The highest BCUT2D eigenvalue weighted by molar-refractivity contribution is 7.09. The van der Waals surface area contributed by atoms with E-state index in [4.69, 9.17) is 0 Å². The molecule has 7 heteroatoms. The monoisotopic (exact) mass is 290 g/mol. The van der Waals surface area contributed by atoms with Crippen LogP contribution in [0.4, 0.5) is 5.13 Å². The summed E-state index contributed by atoms with van der Waals surface area (Å²) in [6.07, 6.45) is 0. The smallest absolute Gasteiger partial charge is 0.245 e. The number of hydrazine groups is 1. The van der Waals surface area contributed by atoms with E-state index in [-0.39, 0.29) is 11.8 Å². The van der Waals surface area contributed by atoms with Crippen molar-refractivity contribution in [3.05, 3.63) is 30.3 Å². The van der Waals surface area contributed by atoms with E-state index in [1.807, 2.05) is 30.3 Å². The lowest BCUT2D eigenvalue weighted by molar-refractivity contribution is -0.142. The second-order valence-electron chi connectivity index (χ2n) is 4.14. The molecule has 0 spiro atoms. The van der Waals surface area contributed by atoms with E-state index >= 15 is 0 Å². The van der Waals surface area contributed by atoms with Crippen molar-refractivity contribution in [3.63, 3.8) is 0 Å². The molecule has 1 heterocycles. The van der Waals surface area contributed by atoms with E-state index in [2.05, 4.69) is 9.36 Å². The Morgan fingerprint density at radius 2 is 1.70 bits per heavy atom. The Kier molecular flexibility index (Phi) is 4.09. The highest BCUT2D eigenvalue weighted by Crippen LogP contribution is 2.24. The van der Waals surface area contributed by atoms with Gasteiger partial charge in [-0.15, -0.1) is 0 Å². The van der Waals surface area contributed by atoms with Gasteiger partial charge in [-0.05, 0) is 0 Å². The summed E-state index contributed by atoms with van der Waals surface area (Å²) in [7, 11) is 1.61. The number of nitrogens with zero attached hydrogens (tertiary/aromatic N) is 4. The SMILES string of the molecule is CC(=O)N(C(C)=O)N(C)c1nc(-c2ccccc2)ns1. The first-order valence-electron chi connectivity index (χ1n) is 5.94. The lowest BCUT2D eigenvalue weighted by Gasteiger charge is -2.26. The molecule has 0 unspecified atom stereocenters. The van der Waals surface area contributed by atoms with Crippen LogP contribution in [0.2, 0.25) is 0 Å². The Hall–Kier alpha value is -2.28. The second-order valence-corrected chi connectivity index (χ2v) is 4.87. The van der Waals surface area contributed by atoms with Crippen molar-refractivity contribution in [1.82, 2.24) is 14.4 Å². The summed E-state index contributed by atoms with van der Waals surface area (Å²) in [6.45, 7) is 2.66. The largest absolute Gasteiger partial charge is 0.273 e. The number of carbonyl (C=O) groups excluding carboxylic acids is 2. The molecular weight excluding hydrogens is 276 g/mol. The summed E-state index contributed by atoms with van der Waals surface area (Å²) in [5.41, 5.74) is 0.889. The molecule has 0 atom stereocenters. The summed E-state index contributed by atoms with van der Waals surface area (Å²) in [6, 6.07) is 9.52. The van der Waals surface area contributed by atoms with Crippen molar-refractivity contribution in [3.8, 4) is 11.4 Å². The van der Waals surface area contributed by atoms with Crippen LogP contribution in [0.1, 0.15) is 13.8 Å². The fourth-order valence-electron chi connectivity index (χ4n) is 1.78. The number of anilines is 1. The number of hydrogen-bond acceptors (Lipinski definition) is 6. The number of carbonyl (C=O) groups is 2. The highest BCUT2D eigenvalue weighted by atomic mass is 32.1. The molecular formula is C13H14N4O2S. The van der Waals surface area contributed by atoms with E-state index in [1.165, 1.54) is 18.9 Å². The number of amides is 2. The second kappa shape index (κ2) is 5.79. The lowest BCUT2D eigenvalue weighted by Crippen LogP contribution is -2.46. The zero-order chi connectivity index (χ0) is 14.7. The van der Waals surface area contributed by atoms with Gasteiger partial charge < -0.3 is 0 Å². The number of benzene rings is 1. The Bertz CT molecular complexity index is 612. The molecule has 1 aromatic carbocycles. The van der Waals surface area contributed by atoms with Crippen LogP contribution in [0.3, 0.4) is 0 Å². The van der Waals surface area contributed by atoms with Crippen LogP contribution in [0, 0.1) is 0 Å². The summed E-state index contributed by atoms with van der Waals surface area (Å²) in [4.78, 5) is 27.3. The first-order valence-corrected chi connectivity index (χ1v) is 6.72. The van der Waals surface area contributed by atoms with Gasteiger partial charge in [-0.1, -0.05) is 30.3 Å². The van der Waals surface area contributed by atoms with Crippen LogP contribution in [0.15, 0.2) is 30.3 Å². The van der Waals surface area contributed by atoms with Crippen LogP contribution < -0.4 is 5.01 Å². The van der Waals surface area contributed by atoms with Gasteiger partial charge in [0, 0.05) is 38.0 Å². The van der Waals surface area contributed by atoms with Gasteiger partial charge in [0.15, 0.2) is 5.82 Å². The number of rotatable bonds is 3. The summed E-state index contributed by atoms with van der Waals surface area (Å²) in [5.74, 6) is -0.155. The van der Waals surface area contributed by atoms with Crippen LogP contribution >= 0.6 is 11.5 Å². The van der Waals surface area contributed by atoms with Crippen molar-refractivity contribution in [2.75, 3.05) is 12.1 Å². The fourth-order valence-corrected chi connectivity index (χ4v) is 2.42. The van der Waals surface area contributed by atoms with Gasteiger partial charge in [0.05, 0.1) is 0 Å². The number of hydrogen-bond donors (Lipinski definition) is 0. The highest BCUT2D eigenvalue weighted by Gasteiger charge is 2.22. The van der Waals surface area contributed by atoms with Crippen molar-refractivity contribution in [1.29, 1.82) is 0 Å². The van der Waals surface area contributed by atoms with Gasteiger partial charge in [0.1, 0.15) is 0 Å².